The first-order valence-corrected chi connectivity index (χ1v) is 11.4. The molecule has 1 unspecified atom stereocenters. The van der Waals surface area contributed by atoms with Gasteiger partial charge < -0.3 is 14.7 Å². The molecule has 1 N–H and O–H groups in total. The van der Waals surface area contributed by atoms with E-state index in [1.54, 1.807) is 30.3 Å². The van der Waals surface area contributed by atoms with E-state index < -0.39 is 17.7 Å². The van der Waals surface area contributed by atoms with Crippen molar-refractivity contribution in [2.24, 2.45) is 0 Å². The number of benzene rings is 2. The molecule has 1 aliphatic heterocycles. The van der Waals surface area contributed by atoms with Gasteiger partial charge in [0, 0.05) is 17.0 Å². The van der Waals surface area contributed by atoms with Gasteiger partial charge in [0.2, 0.25) is 0 Å². The van der Waals surface area contributed by atoms with Crippen molar-refractivity contribution in [2.75, 3.05) is 7.11 Å². The third kappa shape index (κ3) is 3.96. The maximum atomic E-state index is 13.3. The van der Waals surface area contributed by atoms with E-state index in [-0.39, 0.29) is 23.7 Å². The number of Topliss-reactive ketones (excluding diaryl/α,β-unsaturated/α-hetero) is 1. The fraction of sp³-hybridized carbons (Fsp3) is 0.167. The van der Waals surface area contributed by atoms with Crippen molar-refractivity contribution in [1.82, 2.24) is 4.90 Å². The Bertz CT molecular complexity index is 1240. The number of rotatable bonds is 5. The second-order valence-electron chi connectivity index (χ2n) is 7.37. The summed E-state index contributed by atoms with van der Waals surface area (Å²) in [5.41, 5.74) is 2.00. The number of halogens is 2. The summed E-state index contributed by atoms with van der Waals surface area (Å²) in [7, 11) is 1.53. The fourth-order valence-corrected chi connectivity index (χ4v) is 5.32. The lowest BCUT2D eigenvalue weighted by Crippen LogP contribution is -2.29. The van der Waals surface area contributed by atoms with E-state index in [1.807, 2.05) is 18.4 Å². The zero-order valence-corrected chi connectivity index (χ0v) is 19.7. The molecule has 1 atom stereocenters. The molecule has 0 aliphatic carbocycles. The second kappa shape index (κ2) is 8.88. The summed E-state index contributed by atoms with van der Waals surface area (Å²) in [6.45, 7) is 2.00. The third-order valence-electron chi connectivity index (χ3n) is 5.38. The van der Waals surface area contributed by atoms with Gasteiger partial charge in [-0.3, -0.25) is 9.59 Å². The molecule has 1 saturated heterocycles. The Morgan fingerprint density at radius 1 is 1.19 bits per heavy atom. The number of hydrogen-bond donors (Lipinski definition) is 1. The molecule has 0 saturated carbocycles. The molecule has 2 aromatic carbocycles. The van der Waals surface area contributed by atoms with Gasteiger partial charge in [0.25, 0.3) is 11.7 Å². The lowest BCUT2D eigenvalue weighted by atomic mass is 9.98. The van der Waals surface area contributed by atoms with Gasteiger partial charge in [-0.25, -0.2) is 4.39 Å². The van der Waals surface area contributed by atoms with Crippen molar-refractivity contribution in [3.05, 3.63) is 91.3 Å². The molecule has 0 spiro atoms. The largest absolute Gasteiger partial charge is 0.507 e. The second-order valence-corrected chi connectivity index (χ2v) is 9.17. The minimum atomic E-state index is -0.755. The number of nitrogens with zero attached hydrogens (tertiary/aromatic N) is 1. The van der Waals surface area contributed by atoms with E-state index in [0.717, 1.165) is 10.4 Å². The molecule has 164 valence electrons. The van der Waals surface area contributed by atoms with Crippen LogP contribution in [-0.4, -0.2) is 28.8 Å². The first kappa shape index (κ1) is 22.2. The van der Waals surface area contributed by atoms with Crippen LogP contribution in [-0.2, 0) is 16.1 Å². The highest BCUT2D eigenvalue weighted by Gasteiger charge is 2.47. The molecular formula is C24H19BrFNO4S. The van der Waals surface area contributed by atoms with Gasteiger partial charge in [0.05, 0.1) is 17.2 Å². The van der Waals surface area contributed by atoms with Gasteiger partial charge in [0.1, 0.15) is 23.4 Å². The number of thiophene rings is 1. The Hall–Kier alpha value is -2.97. The summed E-state index contributed by atoms with van der Waals surface area (Å²) in [6.07, 6.45) is 0. The highest BCUT2D eigenvalue weighted by molar-refractivity contribution is 9.10. The van der Waals surface area contributed by atoms with Gasteiger partial charge >= 0.3 is 0 Å². The summed E-state index contributed by atoms with van der Waals surface area (Å²) in [4.78, 5) is 28.4. The SMILES string of the molecule is COc1ccc(/C(O)=C2/C(=O)C(=O)N(Cc3ccc(F)cc3)C2c2sccc2C)cc1Br. The fourth-order valence-electron chi connectivity index (χ4n) is 3.74. The molecule has 1 aliphatic rings. The van der Waals surface area contributed by atoms with Crippen molar-refractivity contribution in [2.45, 2.75) is 19.5 Å². The van der Waals surface area contributed by atoms with Crippen LogP contribution in [0.15, 0.2) is 64.0 Å². The monoisotopic (exact) mass is 515 g/mol. The van der Waals surface area contributed by atoms with E-state index in [2.05, 4.69) is 15.9 Å². The summed E-state index contributed by atoms with van der Waals surface area (Å²) in [5.74, 6) is -1.53. The number of carbonyl (C=O) groups excluding carboxylic acids is 2. The predicted octanol–water partition coefficient (Wildman–Crippen LogP) is 5.59. The summed E-state index contributed by atoms with van der Waals surface area (Å²) in [5, 5.41) is 13.0. The van der Waals surface area contributed by atoms with Crippen LogP contribution in [0.1, 0.15) is 27.6 Å². The lowest BCUT2D eigenvalue weighted by molar-refractivity contribution is -0.140. The Labute approximate surface area is 196 Å². The molecule has 0 bridgehead atoms. The molecule has 4 rings (SSSR count). The highest BCUT2D eigenvalue weighted by Crippen LogP contribution is 2.43. The smallest absolute Gasteiger partial charge is 0.295 e. The molecule has 2 heterocycles. The van der Waals surface area contributed by atoms with Crippen LogP contribution >= 0.6 is 27.3 Å². The molecule has 1 aromatic heterocycles. The average molecular weight is 516 g/mol. The average Bonchev–Trinajstić information content (AvgIpc) is 3.30. The minimum Gasteiger partial charge on any atom is -0.507 e. The standard InChI is InChI=1S/C24H19BrFNO4S/c1-13-9-10-32-23(13)20-19(21(28)15-5-8-18(31-2)17(25)11-15)22(29)24(30)27(20)12-14-3-6-16(26)7-4-14/h3-11,20,28H,12H2,1-2H3/b21-19-. The van der Waals surface area contributed by atoms with E-state index >= 15 is 0 Å². The zero-order valence-electron chi connectivity index (χ0n) is 17.3. The molecule has 32 heavy (non-hydrogen) atoms. The number of ether oxygens (including phenoxy) is 1. The molecule has 3 aromatic rings. The molecule has 0 radical (unpaired) electrons. The number of methoxy groups -OCH3 is 1. The zero-order chi connectivity index (χ0) is 23.0. The molecule has 8 heteroatoms. The van der Waals surface area contributed by atoms with Crippen LogP contribution in [0.25, 0.3) is 5.76 Å². The number of aliphatic hydroxyl groups is 1. The Kier molecular flexibility index (Phi) is 6.17. The normalized spacial score (nSPS) is 17.8. The van der Waals surface area contributed by atoms with E-state index in [0.29, 0.717) is 21.3 Å². The predicted molar refractivity (Wildman–Crippen MR) is 124 cm³/mol. The number of ketones is 1. The first-order chi connectivity index (χ1) is 15.3. The first-order valence-electron chi connectivity index (χ1n) is 9.72. The number of amides is 1. The van der Waals surface area contributed by atoms with Gasteiger partial charge in [-0.2, -0.15) is 0 Å². The molecule has 1 fully saturated rings. The van der Waals surface area contributed by atoms with Crippen LogP contribution in [0.4, 0.5) is 4.39 Å². The Morgan fingerprint density at radius 3 is 2.50 bits per heavy atom. The van der Waals surface area contributed by atoms with Crippen LogP contribution in [0.5, 0.6) is 5.75 Å². The van der Waals surface area contributed by atoms with Crippen molar-refractivity contribution < 1.29 is 23.8 Å². The van der Waals surface area contributed by atoms with Crippen molar-refractivity contribution >= 4 is 44.7 Å². The van der Waals surface area contributed by atoms with Crippen molar-refractivity contribution in [3.8, 4) is 5.75 Å². The number of aryl methyl sites for hydroxylation is 1. The van der Waals surface area contributed by atoms with Gasteiger partial charge in [0.15, 0.2) is 0 Å². The Balaban J connectivity index is 1.85. The van der Waals surface area contributed by atoms with Crippen LogP contribution < -0.4 is 4.74 Å². The van der Waals surface area contributed by atoms with Gasteiger partial charge in [-0.05, 0) is 75.8 Å². The highest BCUT2D eigenvalue weighted by atomic mass is 79.9. The van der Waals surface area contributed by atoms with Crippen molar-refractivity contribution in [1.29, 1.82) is 0 Å². The maximum absolute atomic E-state index is 13.3. The number of hydrogen-bond acceptors (Lipinski definition) is 5. The van der Waals surface area contributed by atoms with Crippen LogP contribution in [0, 0.1) is 12.7 Å². The molecule has 1 amide bonds. The van der Waals surface area contributed by atoms with E-state index in [1.165, 1.54) is 35.5 Å². The summed E-state index contributed by atoms with van der Waals surface area (Å²) in [6, 6.07) is 11.9. The quantitative estimate of drug-likeness (QED) is 0.273. The Morgan fingerprint density at radius 2 is 1.91 bits per heavy atom. The van der Waals surface area contributed by atoms with Crippen LogP contribution in [0.3, 0.4) is 0 Å². The van der Waals surface area contributed by atoms with Gasteiger partial charge in [-0.15, -0.1) is 11.3 Å². The maximum Gasteiger partial charge on any atom is 0.295 e. The topological polar surface area (TPSA) is 66.8 Å². The third-order valence-corrected chi connectivity index (χ3v) is 7.07. The van der Waals surface area contributed by atoms with Gasteiger partial charge in [-0.1, -0.05) is 12.1 Å². The van der Waals surface area contributed by atoms with Crippen molar-refractivity contribution in [3.63, 3.8) is 0 Å². The summed E-state index contributed by atoms with van der Waals surface area (Å²) < 4.78 is 19.2. The van der Waals surface area contributed by atoms with Crippen LogP contribution in [0.2, 0.25) is 0 Å². The molecule has 5 nitrogen and oxygen atoms in total. The minimum absolute atomic E-state index is 0.0275. The number of likely N-dealkylation sites (tertiary alicyclic amines) is 1. The van der Waals surface area contributed by atoms with E-state index in [4.69, 9.17) is 4.74 Å². The summed E-state index contributed by atoms with van der Waals surface area (Å²) >= 11 is 4.80. The van der Waals surface area contributed by atoms with E-state index in [9.17, 15) is 19.1 Å². The number of aliphatic hydroxyl groups excluding tert-OH is 1. The lowest BCUT2D eigenvalue weighted by Gasteiger charge is -2.25. The molecular weight excluding hydrogens is 497 g/mol. The number of carbonyl (C=O) groups is 2.